The van der Waals surface area contributed by atoms with Crippen LogP contribution in [0.2, 0.25) is 0 Å². The number of benzene rings is 21. The van der Waals surface area contributed by atoms with Crippen LogP contribution in [-0.4, -0.2) is 0 Å². The summed E-state index contributed by atoms with van der Waals surface area (Å²) in [5.74, 6) is 0.620. The van der Waals surface area contributed by atoms with Crippen LogP contribution in [-0.2, 0) is 10.8 Å². The molecule has 0 N–H and O–H groups in total. The van der Waals surface area contributed by atoms with Gasteiger partial charge in [-0.2, -0.15) is 0 Å². The van der Waals surface area contributed by atoms with Gasteiger partial charge in [0.2, 0.25) is 0 Å². The minimum absolute atomic E-state index is 0.0617. The van der Waals surface area contributed by atoms with Gasteiger partial charge >= 0.3 is 0 Å². The molecule has 0 fully saturated rings. The molecule has 0 bridgehead atoms. The lowest BCUT2D eigenvalue weighted by atomic mass is 9.87. The maximum atomic E-state index is 2.48. The van der Waals surface area contributed by atoms with E-state index in [4.69, 9.17) is 0 Å². The molecular weight excluding hydrogens is 1590 g/mol. The van der Waals surface area contributed by atoms with Crippen molar-refractivity contribution in [3.8, 4) is 0 Å². The van der Waals surface area contributed by atoms with E-state index in [0.29, 0.717) is 11.8 Å². The molecule has 0 aliphatic heterocycles. The van der Waals surface area contributed by atoms with Crippen LogP contribution in [0.4, 0.5) is 68.2 Å². The Morgan fingerprint density at radius 1 is 0.197 bits per heavy atom. The Morgan fingerprint density at radius 2 is 0.553 bits per heavy atom. The molecule has 0 radical (unpaired) electrons. The Hall–Kier alpha value is -15.4. The van der Waals surface area contributed by atoms with Gasteiger partial charge in [-0.25, -0.2) is 0 Å². The summed E-state index contributed by atoms with van der Waals surface area (Å²) in [7, 11) is 0. The van der Waals surface area contributed by atoms with E-state index in [1.54, 1.807) is 0 Å². The summed E-state index contributed by atoms with van der Waals surface area (Å²) in [6, 6.07) is 152. The minimum atomic E-state index is 0.0617. The summed E-state index contributed by atoms with van der Waals surface area (Å²) < 4.78 is 0. The smallest absolute Gasteiger partial charge is 0.0546 e. The molecule has 0 amide bonds. The Bertz CT molecular complexity index is 8000. The van der Waals surface area contributed by atoms with E-state index in [2.05, 4.69) is 540 Å². The van der Waals surface area contributed by atoms with Crippen molar-refractivity contribution in [3.63, 3.8) is 0 Å². The van der Waals surface area contributed by atoms with Gasteiger partial charge in [0.15, 0.2) is 0 Å². The van der Waals surface area contributed by atoms with E-state index in [0.717, 1.165) is 62.4 Å². The molecule has 0 heterocycles. The topological polar surface area (TPSA) is 13.0 Å². The number of anilines is 12. The summed E-state index contributed by atoms with van der Waals surface area (Å²) in [4.78, 5) is 9.72. The minimum Gasteiger partial charge on any atom is -0.310 e. The van der Waals surface area contributed by atoms with Crippen LogP contribution in [0, 0.1) is 13.8 Å². The molecule has 0 aliphatic rings. The molecule has 642 valence electrons. The fourth-order valence-electron chi connectivity index (χ4n) is 19.6. The Morgan fingerprint density at radius 3 is 1.05 bits per heavy atom. The molecule has 0 saturated carbocycles. The highest BCUT2D eigenvalue weighted by Gasteiger charge is 2.27. The number of hydrogen-bond donors (Lipinski definition) is 0. The highest BCUT2D eigenvalue weighted by molar-refractivity contribution is 6.23. The lowest BCUT2D eigenvalue weighted by molar-refractivity contribution is 0.590. The Kier molecular flexibility index (Phi) is 22.9. The van der Waals surface area contributed by atoms with Gasteiger partial charge in [-0.1, -0.05) is 373 Å². The number of rotatable bonds is 18. The monoisotopic (exact) mass is 1700 g/mol. The third kappa shape index (κ3) is 16.8. The largest absolute Gasteiger partial charge is 0.310 e. The first kappa shape index (κ1) is 84.8. The van der Waals surface area contributed by atoms with Gasteiger partial charge in [-0.05, 0) is 301 Å². The second-order valence-corrected chi connectivity index (χ2v) is 38.2. The zero-order chi connectivity index (χ0) is 90.5. The summed E-state index contributed by atoms with van der Waals surface area (Å²) in [5, 5.41) is 22.2. The zero-order valence-electron chi connectivity index (χ0n) is 77.5. The molecule has 0 aromatic heterocycles. The van der Waals surface area contributed by atoms with Gasteiger partial charge in [0, 0.05) is 67.0 Å². The van der Waals surface area contributed by atoms with Crippen molar-refractivity contribution in [1.82, 2.24) is 0 Å². The lowest BCUT2D eigenvalue weighted by Gasteiger charge is -2.29. The van der Waals surface area contributed by atoms with Crippen molar-refractivity contribution >= 4 is 190 Å². The zero-order valence-corrected chi connectivity index (χ0v) is 77.5. The molecule has 132 heavy (non-hydrogen) atoms. The first-order chi connectivity index (χ1) is 64.2. The third-order valence-electron chi connectivity index (χ3n) is 26.5. The quantitative estimate of drug-likeness (QED) is 0.0627. The average molecular weight is 1700 g/mol. The highest BCUT2D eigenvalue weighted by atomic mass is 15.2. The number of fused-ring (bicyclic) bond motifs is 11. The predicted molar refractivity (Wildman–Crippen MR) is 575 cm³/mol. The first-order valence-electron chi connectivity index (χ1n) is 46.6. The van der Waals surface area contributed by atoms with Crippen molar-refractivity contribution in [3.05, 3.63) is 468 Å². The van der Waals surface area contributed by atoms with E-state index in [1.165, 1.54) is 158 Å². The number of nitrogens with zero attached hydrogens (tertiary/aromatic N) is 4. The molecule has 21 rings (SSSR count). The summed E-state index contributed by atoms with van der Waals surface area (Å²) in [5.41, 5.74) is 26.4. The fraction of sp³-hybridized carbons (Fsp3) is 0.125. The molecule has 0 unspecified atom stereocenters. The van der Waals surface area contributed by atoms with E-state index in [1.807, 2.05) is 0 Å². The highest BCUT2D eigenvalue weighted by Crippen LogP contribution is 2.50. The van der Waals surface area contributed by atoms with Gasteiger partial charge in [-0.3, -0.25) is 0 Å². The summed E-state index contributed by atoms with van der Waals surface area (Å²) in [6.45, 7) is 27.3. The fourth-order valence-corrected chi connectivity index (χ4v) is 19.6. The van der Waals surface area contributed by atoms with Crippen molar-refractivity contribution in [2.75, 3.05) is 19.6 Å². The van der Waals surface area contributed by atoms with Crippen molar-refractivity contribution in [2.24, 2.45) is 0 Å². The van der Waals surface area contributed by atoms with Crippen LogP contribution < -0.4 is 19.6 Å². The molecule has 21 aromatic carbocycles. The van der Waals surface area contributed by atoms with Gasteiger partial charge in [0.1, 0.15) is 0 Å². The molecule has 0 aliphatic carbocycles. The summed E-state index contributed by atoms with van der Waals surface area (Å²) in [6.07, 6.45) is 9.19. The van der Waals surface area contributed by atoms with E-state index >= 15 is 0 Å². The molecule has 0 spiro atoms. The molecule has 0 saturated heterocycles. The summed E-state index contributed by atoms with van der Waals surface area (Å²) >= 11 is 0. The van der Waals surface area contributed by atoms with Crippen LogP contribution in [0.1, 0.15) is 137 Å². The van der Waals surface area contributed by atoms with Gasteiger partial charge in [0.25, 0.3) is 0 Å². The van der Waals surface area contributed by atoms with Gasteiger partial charge in [-0.15, -0.1) is 0 Å². The SMILES string of the molecule is CC(C)c1cc(N(c2ccc3ccccc3c2)c2cccc3ccccc23)cc2c(C(C)C)cc(/C=C/c3ccc(N(c4ccc5ccccc5c4)c4cccc5ccccc45)cc3)cc12.Cc1cccc(N(c2ccc(C(C)(C)C)cc2)c2ccc(/C=C/c3cc4c5ccccc5c(N(c5ccc(C(C)(C)C)cc5)c5cccc(C)c5)cc4c4ccccc34)c3ccccc23)c1. The number of hydrogen-bond acceptors (Lipinski definition) is 4. The van der Waals surface area contributed by atoms with Crippen LogP contribution in [0.3, 0.4) is 0 Å². The van der Waals surface area contributed by atoms with Gasteiger partial charge < -0.3 is 19.6 Å². The van der Waals surface area contributed by atoms with Crippen LogP contribution in [0.15, 0.2) is 413 Å². The van der Waals surface area contributed by atoms with Crippen LogP contribution in [0.25, 0.3) is 121 Å². The maximum Gasteiger partial charge on any atom is 0.0546 e. The Labute approximate surface area is 777 Å². The molecule has 0 atom stereocenters. The first-order valence-corrected chi connectivity index (χ1v) is 46.6. The normalized spacial score (nSPS) is 12.0. The molecular formula is C128H110N4. The molecule has 21 aromatic rings. The third-order valence-corrected chi connectivity index (χ3v) is 26.5. The molecule has 4 heteroatoms. The second-order valence-electron chi connectivity index (χ2n) is 38.2. The van der Waals surface area contributed by atoms with Crippen molar-refractivity contribution in [1.29, 1.82) is 0 Å². The Balaban J connectivity index is 0.000000165. The van der Waals surface area contributed by atoms with Crippen LogP contribution in [0.5, 0.6) is 0 Å². The number of aryl methyl sites for hydroxylation is 2. The van der Waals surface area contributed by atoms with E-state index in [9.17, 15) is 0 Å². The van der Waals surface area contributed by atoms with Crippen molar-refractivity contribution in [2.45, 2.75) is 106 Å². The average Bonchev–Trinajstić information content (AvgIpc) is 0.742. The second kappa shape index (κ2) is 35.6. The molecule has 4 nitrogen and oxygen atoms in total. The van der Waals surface area contributed by atoms with Gasteiger partial charge in [0.05, 0.1) is 22.7 Å². The van der Waals surface area contributed by atoms with Crippen LogP contribution >= 0.6 is 0 Å². The predicted octanol–water partition coefficient (Wildman–Crippen LogP) is 37.4. The standard InChI is InChI=1S/C64H52N2.C64H58N2/c1-43(2)59-37-46(28-27-45-29-33-53(34-30-45)65(54-35-31-47-15-5-7-19-51(47)39-54)63-25-13-21-49-17-9-11-23-57(49)63)38-61-60(44(3)4)41-56(42-62(59)61)66(55-36-32-48-16-6-8-20-52(48)40-55)64-26-14-22-50-18-10-12-24-58(50)64;1-43-17-15-19-51(39-43)65(49-34-30-47(31-35-49)63(3,4)5)61-38-29-45(53-21-10-13-25-57(53)61)27-28-46-41-59-56-24-12-14-26-58(56)62(42-60(59)55-23-11-9-22-54(46)55)66(52-20-16-18-44(2)40-52)50-36-32-48(33-37-50)64(6,7)8/h5-44H,1-4H3;9-42H,1-8H3/b2*28-27+. The maximum absolute atomic E-state index is 2.48. The van der Waals surface area contributed by atoms with Crippen molar-refractivity contribution < 1.29 is 0 Å². The van der Waals surface area contributed by atoms with E-state index < -0.39 is 0 Å². The lowest BCUT2D eigenvalue weighted by Crippen LogP contribution is -2.13. The van der Waals surface area contributed by atoms with E-state index in [-0.39, 0.29) is 10.8 Å².